The summed E-state index contributed by atoms with van der Waals surface area (Å²) in [5, 5.41) is 3.17. The summed E-state index contributed by atoms with van der Waals surface area (Å²) in [5.41, 5.74) is 3.28. The molecule has 5 nitrogen and oxygen atoms in total. The summed E-state index contributed by atoms with van der Waals surface area (Å²) in [5.74, 6) is 0.183. The number of thiazole rings is 1. The van der Waals surface area contributed by atoms with Crippen LogP contribution in [0.4, 0.5) is 0 Å². The highest BCUT2D eigenvalue weighted by atomic mass is 32.1. The topological polar surface area (TPSA) is 48.5 Å². The van der Waals surface area contributed by atoms with Crippen LogP contribution in [0.5, 0.6) is 0 Å². The molecule has 1 aliphatic heterocycles. The average Bonchev–Trinajstić information content (AvgIpc) is 3.18. The summed E-state index contributed by atoms with van der Waals surface area (Å²) in [6, 6.07) is 0. The van der Waals surface area contributed by atoms with Crippen molar-refractivity contribution in [2.24, 2.45) is 5.41 Å². The molecule has 2 heterocycles. The van der Waals surface area contributed by atoms with Crippen molar-refractivity contribution >= 4 is 17.2 Å². The summed E-state index contributed by atoms with van der Waals surface area (Å²) in [6.45, 7) is 8.66. The van der Waals surface area contributed by atoms with Crippen LogP contribution >= 0.6 is 11.3 Å². The van der Waals surface area contributed by atoms with Gasteiger partial charge in [-0.05, 0) is 33.2 Å². The largest absolute Gasteiger partial charge is 0.355 e. The summed E-state index contributed by atoms with van der Waals surface area (Å²) in [6.07, 6.45) is 3.91. The first-order chi connectivity index (χ1) is 11.1. The number of amides is 1. The van der Waals surface area contributed by atoms with Gasteiger partial charge in [0.2, 0.25) is 5.91 Å². The molecule has 2 aliphatic rings. The Kier molecular flexibility index (Phi) is 5.34. The first kappa shape index (κ1) is 16.9. The van der Waals surface area contributed by atoms with Crippen LogP contribution in [0.1, 0.15) is 29.8 Å². The highest BCUT2D eigenvalue weighted by Gasteiger charge is 2.44. The van der Waals surface area contributed by atoms with Gasteiger partial charge in [-0.1, -0.05) is 0 Å². The molecule has 1 aromatic rings. The van der Waals surface area contributed by atoms with Gasteiger partial charge in [-0.2, -0.15) is 0 Å². The van der Waals surface area contributed by atoms with E-state index in [1.165, 1.54) is 17.7 Å². The summed E-state index contributed by atoms with van der Waals surface area (Å²) < 4.78 is 0. The number of aryl methyl sites for hydroxylation is 2. The lowest BCUT2D eigenvalue weighted by Crippen LogP contribution is -2.47. The van der Waals surface area contributed by atoms with Crippen molar-refractivity contribution in [1.29, 1.82) is 0 Å². The molecule has 0 aromatic carbocycles. The van der Waals surface area contributed by atoms with Crippen LogP contribution in [0, 0.1) is 12.3 Å². The molecule has 1 saturated heterocycles. The van der Waals surface area contributed by atoms with Gasteiger partial charge in [0.25, 0.3) is 0 Å². The number of nitrogens with zero attached hydrogens (tertiary/aromatic N) is 3. The van der Waals surface area contributed by atoms with Crippen LogP contribution in [0.3, 0.4) is 0 Å². The predicted octanol–water partition coefficient (Wildman–Crippen LogP) is 1.53. The zero-order valence-corrected chi connectivity index (χ0v) is 15.1. The SMILES string of the molecule is Cc1ncsc1CCC(=O)NCC1(CN2CCN(C)CC2)CC1. The molecule has 1 aliphatic carbocycles. The highest BCUT2D eigenvalue weighted by Crippen LogP contribution is 2.45. The number of rotatable bonds is 7. The van der Waals surface area contributed by atoms with Crippen molar-refractivity contribution < 1.29 is 4.79 Å². The maximum atomic E-state index is 12.1. The molecule has 0 spiro atoms. The Labute approximate surface area is 143 Å². The third kappa shape index (κ3) is 4.75. The second kappa shape index (κ2) is 7.28. The van der Waals surface area contributed by atoms with Crippen LogP contribution < -0.4 is 5.32 Å². The minimum Gasteiger partial charge on any atom is -0.355 e. The molecule has 128 valence electrons. The number of hydrogen-bond acceptors (Lipinski definition) is 5. The second-order valence-corrected chi connectivity index (χ2v) is 8.16. The molecule has 0 unspecified atom stereocenters. The fourth-order valence-corrected chi connectivity index (χ4v) is 4.00. The molecule has 23 heavy (non-hydrogen) atoms. The van der Waals surface area contributed by atoms with E-state index < -0.39 is 0 Å². The standard InChI is InChI=1S/C17H28N4OS/c1-14-15(23-13-19-14)3-4-16(22)18-11-17(5-6-17)12-21-9-7-20(2)8-10-21/h13H,3-12H2,1-2H3,(H,18,22). The number of piperazine rings is 1. The van der Waals surface area contributed by atoms with Gasteiger partial charge in [0.15, 0.2) is 0 Å². The Hall–Kier alpha value is -0.980. The number of hydrogen-bond donors (Lipinski definition) is 1. The normalized spacial score (nSPS) is 21.3. The minimum absolute atomic E-state index is 0.183. The Morgan fingerprint density at radius 1 is 1.35 bits per heavy atom. The summed E-state index contributed by atoms with van der Waals surface area (Å²) in [4.78, 5) is 22.5. The zero-order chi connectivity index (χ0) is 16.3. The number of likely N-dealkylation sites (N-methyl/N-ethyl adjacent to an activating group) is 1. The van der Waals surface area contributed by atoms with E-state index in [0.29, 0.717) is 11.8 Å². The van der Waals surface area contributed by atoms with E-state index in [4.69, 9.17) is 0 Å². The van der Waals surface area contributed by atoms with Crippen molar-refractivity contribution in [3.05, 3.63) is 16.1 Å². The lowest BCUT2D eigenvalue weighted by atomic mass is 10.1. The maximum Gasteiger partial charge on any atom is 0.220 e. The smallest absolute Gasteiger partial charge is 0.220 e. The van der Waals surface area contributed by atoms with Gasteiger partial charge < -0.3 is 15.1 Å². The fraction of sp³-hybridized carbons (Fsp3) is 0.765. The number of nitrogens with one attached hydrogen (secondary N) is 1. The van der Waals surface area contributed by atoms with Gasteiger partial charge in [-0.3, -0.25) is 4.79 Å². The number of carbonyl (C=O) groups is 1. The molecule has 0 atom stereocenters. The molecule has 0 radical (unpaired) electrons. The van der Waals surface area contributed by atoms with Crippen LogP contribution in [-0.4, -0.2) is 67.0 Å². The molecule has 1 saturated carbocycles. The molecular formula is C17H28N4OS. The molecular weight excluding hydrogens is 308 g/mol. The Morgan fingerprint density at radius 3 is 2.70 bits per heavy atom. The molecule has 0 bridgehead atoms. The van der Waals surface area contributed by atoms with Gasteiger partial charge in [-0.25, -0.2) is 4.98 Å². The van der Waals surface area contributed by atoms with Gasteiger partial charge in [0.1, 0.15) is 0 Å². The van der Waals surface area contributed by atoms with E-state index in [1.54, 1.807) is 11.3 Å². The Morgan fingerprint density at radius 2 is 2.09 bits per heavy atom. The van der Waals surface area contributed by atoms with E-state index >= 15 is 0 Å². The minimum atomic E-state index is 0.183. The van der Waals surface area contributed by atoms with E-state index in [2.05, 4.69) is 27.1 Å². The second-order valence-electron chi connectivity index (χ2n) is 7.22. The van der Waals surface area contributed by atoms with Crippen LogP contribution in [0.2, 0.25) is 0 Å². The van der Waals surface area contributed by atoms with Crippen LogP contribution in [-0.2, 0) is 11.2 Å². The lowest BCUT2D eigenvalue weighted by molar-refractivity contribution is -0.121. The number of aromatic nitrogens is 1. The molecule has 2 fully saturated rings. The van der Waals surface area contributed by atoms with Crippen molar-refractivity contribution in [2.75, 3.05) is 46.3 Å². The fourth-order valence-electron chi connectivity index (χ4n) is 3.22. The van der Waals surface area contributed by atoms with Gasteiger partial charge in [0.05, 0.1) is 11.2 Å². The first-order valence-corrected chi connectivity index (χ1v) is 9.51. The molecule has 1 N–H and O–H groups in total. The molecule has 1 amide bonds. The molecule has 6 heteroatoms. The highest BCUT2D eigenvalue weighted by molar-refractivity contribution is 7.09. The summed E-state index contributed by atoms with van der Waals surface area (Å²) in [7, 11) is 2.19. The van der Waals surface area contributed by atoms with Crippen molar-refractivity contribution in [3.63, 3.8) is 0 Å². The third-order valence-corrected chi connectivity index (χ3v) is 6.19. The van der Waals surface area contributed by atoms with Crippen LogP contribution in [0.25, 0.3) is 0 Å². The molecule has 1 aromatic heterocycles. The van der Waals surface area contributed by atoms with Crippen LogP contribution in [0.15, 0.2) is 5.51 Å². The van der Waals surface area contributed by atoms with E-state index in [0.717, 1.165) is 51.4 Å². The Balaban J connectivity index is 1.37. The number of carbonyl (C=O) groups excluding carboxylic acids is 1. The van der Waals surface area contributed by atoms with Gasteiger partial charge >= 0.3 is 0 Å². The van der Waals surface area contributed by atoms with E-state index in [9.17, 15) is 4.79 Å². The first-order valence-electron chi connectivity index (χ1n) is 8.63. The van der Waals surface area contributed by atoms with Gasteiger partial charge in [-0.15, -0.1) is 11.3 Å². The molecule has 3 rings (SSSR count). The van der Waals surface area contributed by atoms with E-state index in [1.807, 2.05) is 12.4 Å². The zero-order valence-electron chi connectivity index (χ0n) is 14.3. The van der Waals surface area contributed by atoms with Crippen molar-refractivity contribution in [3.8, 4) is 0 Å². The third-order valence-electron chi connectivity index (χ3n) is 5.20. The quantitative estimate of drug-likeness (QED) is 0.820. The van der Waals surface area contributed by atoms with Gasteiger partial charge in [0, 0.05) is 56.0 Å². The maximum absolute atomic E-state index is 12.1. The van der Waals surface area contributed by atoms with Crippen molar-refractivity contribution in [2.45, 2.75) is 32.6 Å². The monoisotopic (exact) mass is 336 g/mol. The summed E-state index contributed by atoms with van der Waals surface area (Å²) >= 11 is 1.65. The average molecular weight is 337 g/mol. The van der Waals surface area contributed by atoms with E-state index in [-0.39, 0.29) is 5.91 Å². The predicted molar refractivity (Wildman–Crippen MR) is 93.8 cm³/mol. The lowest BCUT2D eigenvalue weighted by Gasteiger charge is -2.34. The van der Waals surface area contributed by atoms with Crippen molar-refractivity contribution in [1.82, 2.24) is 20.1 Å². The Bertz CT molecular complexity index is 532.